The van der Waals surface area contributed by atoms with Gasteiger partial charge in [-0.1, -0.05) is 29.4 Å². The average Bonchev–Trinajstić information content (AvgIpc) is 3.00. The van der Waals surface area contributed by atoms with Gasteiger partial charge in [-0.2, -0.15) is 5.10 Å². The number of aromatic nitrogens is 4. The predicted molar refractivity (Wildman–Crippen MR) is 81.2 cm³/mol. The van der Waals surface area contributed by atoms with E-state index in [9.17, 15) is 4.79 Å². The summed E-state index contributed by atoms with van der Waals surface area (Å²) in [5, 5.41) is 14.2. The number of carbonyl (C=O) groups is 1. The fourth-order valence-electron chi connectivity index (χ4n) is 2.05. The van der Waals surface area contributed by atoms with Crippen LogP contribution in [0.15, 0.2) is 35.7 Å². The topological polar surface area (TPSA) is 72.9 Å². The van der Waals surface area contributed by atoms with E-state index in [2.05, 4.69) is 10.1 Å². The standard InChI is InChI=1S/C13H11ClN4O2S/c1-17-6-8(5-15-17)18-12-9(14)3-2-4-10(12)16-13(18)21-7-11(19)20/h2-6H,7H2,1H3,(H,19,20). The van der Waals surface area contributed by atoms with Gasteiger partial charge in [0.05, 0.1) is 33.7 Å². The van der Waals surface area contributed by atoms with Crippen LogP contribution in [0.5, 0.6) is 0 Å². The molecule has 2 heterocycles. The minimum Gasteiger partial charge on any atom is -0.481 e. The third kappa shape index (κ3) is 2.62. The molecule has 3 aromatic rings. The van der Waals surface area contributed by atoms with Crippen molar-refractivity contribution in [3.8, 4) is 5.69 Å². The molecule has 108 valence electrons. The summed E-state index contributed by atoms with van der Waals surface area (Å²) in [5.74, 6) is -0.961. The zero-order chi connectivity index (χ0) is 15.0. The molecule has 0 bridgehead atoms. The van der Waals surface area contributed by atoms with Crippen molar-refractivity contribution < 1.29 is 9.90 Å². The first-order valence-corrected chi connectivity index (χ1v) is 7.43. The van der Waals surface area contributed by atoms with Gasteiger partial charge in [0.1, 0.15) is 0 Å². The van der Waals surface area contributed by atoms with Gasteiger partial charge in [-0.25, -0.2) is 4.98 Å². The number of para-hydroxylation sites is 1. The van der Waals surface area contributed by atoms with Crippen LogP contribution in [-0.4, -0.2) is 36.2 Å². The van der Waals surface area contributed by atoms with Crippen molar-refractivity contribution >= 4 is 40.4 Å². The zero-order valence-electron chi connectivity index (χ0n) is 11.0. The minimum atomic E-state index is -0.893. The van der Waals surface area contributed by atoms with Crippen molar-refractivity contribution in [3.63, 3.8) is 0 Å². The van der Waals surface area contributed by atoms with E-state index in [0.29, 0.717) is 10.2 Å². The monoisotopic (exact) mass is 322 g/mol. The first-order valence-electron chi connectivity index (χ1n) is 6.07. The third-order valence-corrected chi connectivity index (χ3v) is 4.10. The Hall–Kier alpha value is -1.99. The molecule has 2 aromatic heterocycles. The van der Waals surface area contributed by atoms with Crippen LogP contribution < -0.4 is 0 Å². The number of benzene rings is 1. The van der Waals surface area contributed by atoms with Gasteiger partial charge >= 0.3 is 5.97 Å². The normalized spacial score (nSPS) is 11.1. The molecule has 0 amide bonds. The molecule has 0 atom stereocenters. The number of imidazole rings is 1. The predicted octanol–water partition coefficient (Wildman–Crippen LogP) is 2.59. The molecule has 0 unspecified atom stereocenters. The first kappa shape index (κ1) is 14.0. The summed E-state index contributed by atoms with van der Waals surface area (Å²) < 4.78 is 3.50. The maximum absolute atomic E-state index is 10.8. The molecule has 3 rings (SSSR count). The van der Waals surface area contributed by atoms with E-state index in [1.54, 1.807) is 16.9 Å². The average molecular weight is 323 g/mol. The lowest BCUT2D eigenvalue weighted by atomic mass is 10.3. The van der Waals surface area contributed by atoms with Crippen LogP contribution in [0.2, 0.25) is 5.02 Å². The van der Waals surface area contributed by atoms with Gasteiger partial charge in [0.25, 0.3) is 0 Å². The molecule has 8 heteroatoms. The van der Waals surface area contributed by atoms with Crippen LogP contribution in [0.25, 0.3) is 16.7 Å². The van der Waals surface area contributed by atoms with Gasteiger partial charge in [0, 0.05) is 13.2 Å². The quantitative estimate of drug-likeness (QED) is 0.747. The lowest BCUT2D eigenvalue weighted by Crippen LogP contribution is -2.01. The smallest absolute Gasteiger partial charge is 0.313 e. The van der Waals surface area contributed by atoms with E-state index in [1.165, 1.54) is 0 Å². The van der Waals surface area contributed by atoms with Gasteiger partial charge in [-0.3, -0.25) is 14.0 Å². The number of thioether (sulfide) groups is 1. The second kappa shape index (κ2) is 5.42. The summed E-state index contributed by atoms with van der Waals surface area (Å²) in [5.41, 5.74) is 2.26. The van der Waals surface area contributed by atoms with Crippen LogP contribution in [0.1, 0.15) is 0 Å². The Morgan fingerprint density at radius 3 is 2.95 bits per heavy atom. The number of aliphatic carboxylic acids is 1. The second-order valence-corrected chi connectivity index (χ2v) is 5.74. The van der Waals surface area contributed by atoms with Gasteiger partial charge in [0.2, 0.25) is 0 Å². The largest absolute Gasteiger partial charge is 0.481 e. The van der Waals surface area contributed by atoms with Gasteiger partial charge < -0.3 is 5.11 Å². The minimum absolute atomic E-state index is 0.0683. The first-order chi connectivity index (χ1) is 10.1. The van der Waals surface area contributed by atoms with Crippen molar-refractivity contribution in [2.24, 2.45) is 7.05 Å². The second-order valence-electron chi connectivity index (χ2n) is 4.39. The van der Waals surface area contributed by atoms with E-state index in [4.69, 9.17) is 16.7 Å². The zero-order valence-corrected chi connectivity index (χ0v) is 12.6. The van der Waals surface area contributed by atoms with Crippen molar-refractivity contribution in [2.75, 3.05) is 5.75 Å². The van der Waals surface area contributed by atoms with Crippen LogP contribution in [0.3, 0.4) is 0 Å². The Morgan fingerprint density at radius 1 is 1.48 bits per heavy atom. The number of hydrogen-bond donors (Lipinski definition) is 1. The lowest BCUT2D eigenvalue weighted by molar-refractivity contribution is -0.133. The van der Waals surface area contributed by atoms with Crippen molar-refractivity contribution in [2.45, 2.75) is 5.16 Å². The van der Waals surface area contributed by atoms with E-state index < -0.39 is 5.97 Å². The van der Waals surface area contributed by atoms with Gasteiger partial charge in [0.15, 0.2) is 5.16 Å². The van der Waals surface area contributed by atoms with Crippen molar-refractivity contribution in [1.82, 2.24) is 19.3 Å². The van der Waals surface area contributed by atoms with E-state index in [1.807, 2.05) is 29.9 Å². The summed E-state index contributed by atoms with van der Waals surface area (Å²) in [7, 11) is 1.81. The molecule has 0 radical (unpaired) electrons. The summed E-state index contributed by atoms with van der Waals surface area (Å²) in [6.07, 6.45) is 3.52. The van der Waals surface area contributed by atoms with E-state index >= 15 is 0 Å². The number of halogens is 1. The number of rotatable bonds is 4. The Balaban J connectivity index is 2.21. The SMILES string of the molecule is Cn1cc(-n2c(SCC(=O)O)nc3cccc(Cl)c32)cn1. The van der Waals surface area contributed by atoms with Crippen LogP contribution in [0.4, 0.5) is 0 Å². The van der Waals surface area contributed by atoms with Gasteiger partial charge in [-0.05, 0) is 12.1 Å². The number of nitrogens with zero attached hydrogens (tertiary/aromatic N) is 4. The molecule has 1 N–H and O–H groups in total. The van der Waals surface area contributed by atoms with Gasteiger partial charge in [-0.15, -0.1) is 0 Å². The van der Waals surface area contributed by atoms with Crippen LogP contribution in [-0.2, 0) is 11.8 Å². The molecule has 0 fully saturated rings. The Kier molecular flexibility index (Phi) is 3.60. The molecule has 0 aliphatic heterocycles. The molecule has 6 nitrogen and oxygen atoms in total. The highest BCUT2D eigenvalue weighted by molar-refractivity contribution is 7.99. The fourth-order valence-corrected chi connectivity index (χ4v) is 3.05. The highest BCUT2D eigenvalue weighted by Crippen LogP contribution is 2.31. The Morgan fingerprint density at radius 2 is 2.29 bits per heavy atom. The van der Waals surface area contributed by atoms with Crippen LogP contribution >= 0.6 is 23.4 Å². The molecule has 21 heavy (non-hydrogen) atoms. The van der Waals surface area contributed by atoms with E-state index in [0.717, 1.165) is 28.5 Å². The highest BCUT2D eigenvalue weighted by atomic mass is 35.5. The molecule has 0 aliphatic rings. The molecular weight excluding hydrogens is 312 g/mol. The molecule has 0 saturated carbocycles. The third-order valence-electron chi connectivity index (χ3n) is 2.87. The fraction of sp³-hybridized carbons (Fsp3) is 0.154. The summed E-state index contributed by atoms with van der Waals surface area (Å²) in [6.45, 7) is 0. The number of aryl methyl sites for hydroxylation is 1. The number of fused-ring (bicyclic) bond motifs is 1. The molecule has 0 saturated heterocycles. The Bertz CT molecular complexity index is 827. The summed E-state index contributed by atoms with van der Waals surface area (Å²) >= 11 is 7.43. The van der Waals surface area contributed by atoms with E-state index in [-0.39, 0.29) is 5.75 Å². The maximum atomic E-state index is 10.8. The van der Waals surface area contributed by atoms with Crippen LogP contribution in [0, 0.1) is 0 Å². The Labute approximate surface area is 129 Å². The molecular formula is C13H11ClN4O2S. The molecule has 0 aliphatic carbocycles. The highest BCUT2D eigenvalue weighted by Gasteiger charge is 2.17. The summed E-state index contributed by atoms with van der Waals surface area (Å²) in [6, 6.07) is 5.44. The lowest BCUT2D eigenvalue weighted by Gasteiger charge is -2.06. The maximum Gasteiger partial charge on any atom is 0.313 e. The number of carboxylic acids is 1. The van der Waals surface area contributed by atoms with Crippen molar-refractivity contribution in [3.05, 3.63) is 35.6 Å². The number of hydrogen-bond acceptors (Lipinski definition) is 4. The number of carboxylic acid groups (broad SMARTS) is 1. The molecule has 0 spiro atoms. The summed E-state index contributed by atoms with van der Waals surface area (Å²) in [4.78, 5) is 15.3. The molecule has 1 aromatic carbocycles. The van der Waals surface area contributed by atoms with Crippen molar-refractivity contribution in [1.29, 1.82) is 0 Å².